The summed E-state index contributed by atoms with van der Waals surface area (Å²) in [6, 6.07) is 5.29. The zero-order valence-corrected chi connectivity index (χ0v) is 8.72. The van der Waals surface area contributed by atoms with Crippen LogP contribution in [0.4, 0.5) is 4.39 Å². The molecule has 0 saturated heterocycles. The molecule has 0 fully saturated rings. The van der Waals surface area contributed by atoms with E-state index in [1.807, 2.05) is 6.07 Å². The molecule has 0 radical (unpaired) electrons. The SMILES string of the molecule is NC1Cc2c(F)cccc2C(Br)C1. The second-order valence-electron chi connectivity index (χ2n) is 3.48. The maximum atomic E-state index is 13.3. The van der Waals surface area contributed by atoms with E-state index < -0.39 is 0 Å². The molecule has 0 saturated carbocycles. The van der Waals surface area contributed by atoms with E-state index in [2.05, 4.69) is 15.9 Å². The average Bonchev–Trinajstić information content (AvgIpc) is 2.07. The van der Waals surface area contributed by atoms with Crippen molar-refractivity contribution in [1.29, 1.82) is 0 Å². The molecule has 1 aromatic carbocycles. The van der Waals surface area contributed by atoms with Gasteiger partial charge in [-0.25, -0.2) is 4.39 Å². The van der Waals surface area contributed by atoms with Crippen molar-refractivity contribution in [2.24, 2.45) is 5.73 Å². The normalized spacial score (nSPS) is 27.0. The van der Waals surface area contributed by atoms with Crippen LogP contribution in [0.1, 0.15) is 22.4 Å². The number of alkyl halides is 1. The van der Waals surface area contributed by atoms with Gasteiger partial charge in [0.1, 0.15) is 5.82 Å². The predicted molar refractivity (Wildman–Crippen MR) is 54.4 cm³/mol. The molecule has 2 rings (SSSR count). The highest BCUT2D eigenvalue weighted by Crippen LogP contribution is 2.36. The summed E-state index contributed by atoms with van der Waals surface area (Å²) in [5, 5.41) is 0. The van der Waals surface area contributed by atoms with Crippen molar-refractivity contribution < 1.29 is 4.39 Å². The van der Waals surface area contributed by atoms with Crippen molar-refractivity contribution in [2.75, 3.05) is 0 Å². The van der Waals surface area contributed by atoms with Gasteiger partial charge in [0.15, 0.2) is 0 Å². The summed E-state index contributed by atoms with van der Waals surface area (Å²) < 4.78 is 13.3. The van der Waals surface area contributed by atoms with Crippen LogP contribution in [0.3, 0.4) is 0 Å². The molecule has 1 aliphatic carbocycles. The Balaban J connectivity index is 2.49. The van der Waals surface area contributed by atoms with Gasteiger partial charge in [0, 0.05) is 10.9 Å². The summed E-state index contributed by atoms with van der Waals surface area (Å²) in [5.41, 5.74) is 7.65. The Bertz CT molecular complexity index is 327. The number of rotatable bonds is 0. The first-order chi connectivity index (χ1) is 6.18. The summed E-state index contributed by atoms with van der Waals surface area (Å²) in [5.74, 6) is -0.128. The van der Waals surface area contributed by atoms with Crippen molar-refractivity contribution in [1.82, 2.24) is 0 Å². The lowest BCUT2D eigenvalue weighted by Crippen LogP contribution is -2.29. The van der Waals surface area contributed by atoms with Crippen molar-refractivity contribution in [3.05, 3.63) is 35.1 Å². The molecule has 2 N–H and O–H groups in total. The Labute approximate surface area is 85.3 Å². The van der Waals surface area contributed by atoms with E-state index in [0.717, 1.165) is 17.5 Å². The molecule has 0 bridgehead atoms. The number of fused-ring (bicyclic) bond motifs is 1. The number of nitrogens with two attached hydrogens (primary N) is 1. The summed E-state index contributed by atoms with van der Waals surface area (Å²) in [6.45, 7) is 0. The van der Waals surface area contributed by atoms with Crippen LogP contribution >= 0.6 is 15.9 Å². The molecular weight excluding hydrogens is 233 g/mol. The molecule has 2 unspecified atom stereocenters. The number of hydrogen-bond donors (Lipinski definition) is 1. The fourth-order valence-electron chi connectivity index (χ4n) is 1.82. The lowest BCUT2D eigenvalue weighted by Gasteiger charge is -2.26. The van der Waals surface area contributed by atoms with Crippen LogP contribution in [-0.4, -0.2) is 6.04 Å². The van der Waals surface area contributed by atoms with E-state index >= 15 is 0 Å². The van der Waals surface area contributed by atoms with Crippen LogP contribution in [0.15, 0.2) is 18.2 Å². The Morgan fingerprint density at radius 2 is 2.23 bits per heavy atom. The molecule has 70 valence electrons. The van der Waals surface area contributed by atoms with Crippen LogP contribution in [0.2, 0.25) is 0 Å². The Hall–Kier alpha value is -0.410. The minimum Gasteiger partial charge on any atom is -0.327 e. The van der Waals surface area contributed by atoms with E-state index in [1.165, 1.54) is 6.07 Å². The van der Waals surface area contributed by atoms with Crippen molar-refractivity contribution in [3.63, 3.8) is 0 Å². The van der Waals surface area contributed by atoms with E-state index in [1.54, 1.807) is 6.07 Å². The molecule has 0 aromatic heterocycles. The molecule has 3 heteroatoms. The highest BCUT2D eigenvalue weighted by atomic mass is 79.9. The third kappa shape index (κ3) is 1.63. The standard InChI is InChI=1S/C10H11BrFN/c11-9-5-6(13)4-8-7(9)2-1-3-10(8)12/h1-3,6,9H,4-5,13H2. The maximum absolute atomic E-state index is 13.3. The topological polar surface area (TPSA) is 26.0 Å². The summed E-state index contributed by atoms with van der Waals surface area (Å²) in [7, 11) is 0. The quantitative estimate of drug-likeness (QED) is 0.697. The van der Waals surface area contributed by atoms with Crippen molar-refractivity contribution >= 4 is 15.9 Å². The van der Waals surface area contributed by atoms with Gasteiger partial charge in [-0.05, 0) is 30.0 Å². The first-order valence-corrected chi connectivity index (χ1v) is 5.27. The highest BCUT2D eigenvalue weighted by molar-refractivity contribution is 9.09. The molecule has 1 aromatic rings. The van der Waals surface area contributed by atoms with Crippen molar-refractivity contribution in [2.45, 2.75) is 23.7 Å². The monoisotopic (exact) mass is 243 g/mol. The van der Waals surface area contributed by atoms with Gasteiger partial charge in [0.05, 0.1) is 0 Å². The molecular formula is C10H11BrFN. The summed E-state index contributed by atoms with van der Waals surface area (Å²) >= 11 is 3.51. The molecule has 1 nitrogen and oxygen atoms in total. The largest absolute Gasteiger partial charge is 0.327 e. The van der Waals surface area contributed by atoms with Crippen LogP contribution in [0.5, 0.6) is 0 Å². The molecule has 13 heavy (non-hydrogen) atoms. The highest BCUT2D eigenvalue weighted by Gasteiger charge is 2.24. The van der Waals surface area contributed by atoms with Gasteiger partial charge >= 0.3 is 0 Å². The van der Waals surface area contributed by atoms with Crippen LogP contribution < -0.4 is 5.73 Å². The number of halogens is 2. The van der Waals surface area contributed by atoms with Crippen LogP contribution in [-0.2, 0) is 6.42 Å². The van der Waals surface area contributed by atoms with Gasteiger partial charge < -0.3 is 5.73 Å². The van der Waals surface area contributed by atoms with Crippen LogP contribution in [0.25, 0.3) is 0 Å². The van der Waals surface area contributed by atoms with E-state index in [0.29, 0.717) is 6.42 Å². The predicted octanol–water partition coefficient (Wildman–Crippen LogP) is 2.54. The van der Waals surface area contributed by atoms with E-state index in [4.69, 9.17) is 5.73 Å². The Kier molecular flexibility index (Phi) is 2.39. The molecule has 0 spiro atoms. The fourth-order valence-corrected chi connectivity index (χ4v) is 2.73. The second-order valence-corrected chi connectivity index (χ2v) is 4.58. The molecule has 1 aliphatic rings. The second kappa shape index (κ2) is 3.39. The average molecular weight is 244 g/mol. The third-order valence-electron chi connectivity index (χ3n) is 2.47. The first kappa shape index (κ1) is 9.16. The third-order valence-corrected chi connectivity index (χ3v) is 3.34. The molecule has 0 aliphatic heterocycles. The summed E-state index contributed by atoms with van der Waals surface area (Å²) in [6.07, 6.45) is 1.54. The molecule has 2 atom stereocenters. The lowest BCUT2D eigenvalue weighted by atomic mass is 9.88. The van der Waals surface area contributed by atoms with Gasteiger partial charge in [-0.1, -0.05) is 28.1 Å². The zero-order valence-electron chi connectivity index (χ0n) is 7.13. The van der Waals surface area contributed by atoms with Crippen molar-refractivity contribution in [3.8, 4) is 0 Å². The van der Waals surface area contributed by atoms with Gasteiger partial charge in [-0.2, -0.15) is 0 Å². The molecule has 0 amide bonds. The van der Waals surface area contributed by atoms with Gasteiger partial charge in [-0.15, -0.1) is 0 Å². The summed E-state index contributed by atoms with van der Waals surface area (Å²) in [4.78, 5) is 0.210. The molecule has 0 heterocycles. The minimum absolute atomic E-state index is 0.0776. The van der Waals surface area contributed by atoms with Gasteiger partial charge in [0.25, 0.3) is 0 Å². The fraction of sp³-hybridized carbons (Fsp3) is 0.400. The Morgan fingerprint density at radius 1 is 1.46 bits per heavy atom. The maximum Gasteiger partial charge on any atom is 0.126 e. The Morgan fingerprint density at radius 3 is 3.00 bits per heavy atom. The lowest BCUT2D eigenvalue weighted by molar-refractivity contribution is 0.532. The first-order valence-electron chi connectivity index (χ1n) is 4.35. The van der Waals surface area contributed by atoms with E-state index in [-0.39, 0.29) is 16.7 Å². The van der Waals surface area contributed by atoms with Gasteiger partial charge in [0.2, 0.25) is 0 Å². The van der Waals surface area contributed by atoms with E-state index in [9.17, 15) is 4.39 Å². The zero-order chi connectivity index (χ0) is 9.42. The van der Waals surface area contributed by atoms with Gasteiger partial charge in [-0.3, -0.25) is 0 Å². The van der Waals surface area contributed by atoms with Crippen LogP contribution in [0, 0.1) is 5.82 Å². The number of benzene rings is 1. The smallest absolute Gasteiger partial charge is 0.126 e. The number of hydrogen-bond acceptors (Lipinski definition) is 1. The minimum atomic E-state index is -0.128.